The van der Waals surface area contributed by atoms with Gasteiger partial charge >= 0.3 is 5.97 Å². The first kappa shape index (κ1) is 12.5. The summed E-state index contributed by atoms with van der Waals surface area (Å²) in [4.78, 5) is 22.1. The Morgan fingerprint density at radius 1 is 1.42 bits per heavy atom. The van der Waals surface area contributed by atoms with Crippen LogP contribution >= 0.6 is 0 Å². The van der Waals surface area contributed by atoms with Gasteiger partial charge in [0, 0.05) is 16.8 Å². The molecule has 1 heterocycles. The van der Waals surface area contributed by atoms with Crippen LogP contribution in [0.2, 0.25) is 0 Å². The molecule has 9 nitrogen and oxygen atoms in total. The lowest BCUT2D eigenvalue weighted by atomic mass is 10.1. The topological polar surface area (TPSA) is 147 Å². The van der Waals surface area contributed by atoms with Gasteiger partial charge in [-0.05, 0) is 23.4 Å². The molecule has 2 aromatic rings. The molecule has 0 aliphatic heterocycles. The molecule has 0 aliphatic carbocycles. The number of carbonyl (C=O) groups is 2. The van der Waals surface area contributed by atoms with E-state index < -0.39 is 18.4 Å². The number of hydrogen-bond donors (Lipinski definition) is 4. The zero-order valence-electron chi connectivity index (χ0n) is 9.62. The molecule has 1 aromatic carbocycles. The van der Waals surface area contributed by atoms with E-state index in [1.807, 2.05) is 0 Å². The number of H-pyrrole nitrogens is 1. The molecule has 1 aromatic heterocycles. The molecule has 0 saturated heterocycles. The number of carbonyl (C=O) groups excluding carboxylic acids is 1. The molecular formula is C10H10N6O3. The van der Waals surface area contributed by atoms with E-state index in [4.69, 9.17) is 10.8 Å². The number of nitrogens with zero attached hydrogens (tertiary/aromatic N) is 3. The number of nitrogens with two attached hydrogens (primary N) is 1. The van der Waals surface area contributed by atoms with Crippen LogP contribution in [0.25, 0.3) is 11.4 Å². The minimum absolute atomic E-state index is 0.255. The monoisotopic (exact) mass is 262 g/mol. The number of carboxylic acids is 1. The zero-order chi connectivity index (χ0) is 13.8. The van der Waals surface area contributed by atoms with Crippen LogP contribution in [0.1, 0.15) is 10.4 Å². The van der Waals surface area contributed by atoms with E-state index in [-0.39, 0.29) is 11.4 Å². The summed E-state index contributed by atoms with van der Waals surface area (Å²) >= 11 is 0. The Morgan fingerprint density at radius 2 is 2.21 bits per heavy atom. The second-order valence-corrected chi connectivity index (χ2v) is 3.61. The minimum Gasteiger partial charge on any atom is -0.480 e. The Labute approximate surface area is 106 Å². The quantitative estimate of drug-likeness (QED) is 0.530. The maximum Gasteiger partial charge on any atom is 0.322 e. The predicted octanol–water partition coefficient (Wildman–Crippen LogP) is -0.737. The van der Waals surface area contributed by atoms with Crippen LogP contribution in [-0.2, 0) is 4.79 Å². The maximum absolute atomic E-state index is 11.7. The average molecular weight is 262 g/mol. The summed E-state index contributed by atoms with van der Waals surface area (Å²) < 4.78 is 0. The largest absolute Gasteiger partial charge is 0.480 e. The van der Waals surface area contributed by atoms with Crippen molar-refractivity contribution in [1.29, 1.82) is 0 Å². The van der Waals surface area contributed by atoms with Gasteiger partial charge < -0.3 is 16.2 Å². The number of nitrogen functional groups attached to an aromatic ring is 1. The third-order valence-corrected chi connectivity index (χ3v) is 2.30. The van der Waals surface area contributed by atoms with Crippen molar-refractivity contribution in [2.75, 3.05) is 12.3 Å². The smallest absolute Gasteiger partial charge is 0.322 e. The van der Waals surface area contributed by atoms with Crippen molar-refractivity contribution < 1.29 is 14.7 Å². The molecule has 19 heavy (non-hydrogen) atoms. The van der Waals surface area contributed by atoms with Crippen molar-refractivity contribution in [2.24, 2.45) is 0 Å². The molecule has 1 amide bonds. The van der Waals surface area contributed by atoms with Gasteiger partial charge in [0.1, 0.15) is 6.54 Å². The normalized spacial score (nSPS) is 10.1. The van der Waals surface area contributed by atoms with Crippen molar-refractivity contribution in [3.63, 3.8) is 0 Å². The second kappa shape index (κ2) is 5.12. The fourth-order valence-corrected chi connectivity index (χ4v) is 1.43. The van der Waals surface area contributed by atoms with Gasteiger partial charge in [-0.25, -0.2) is 0 Å². The molecule has 0 fully saturated rings. The van der Waals surface area contributed by atoms with Crippen LogP contribution in [0.4, 0.5) is 5.69 Å². The zero-order valence-corrected chi connectivity index (χ0v) is 9.62. The number of aliphatic carboxylic acids is 1. The lowest BCUT2D eigenvalue weighted by Gasteiger charge is -2.06. The van der Waals surface area contributed by atoms with Crippen molar-refractivity contribution in [1.82, 2.24) is 25.9 Å². The summed E-state index contributed by atoms with van der Waals surface area (Å²) in [6.45, 7) is -0.458. The molecule has 0 aliphatic rings. The predicted molar refractivity (Wildman–Crippen MR) is 64.0 cm³/mol. The summed E-state index contributed by atoms with van der Waals surface area (Å²) in [6, 6.07) is 4.47. The van der Waals surface area contributed by atoms with Crippen molar-refractivity contribution >= 4 is 17.6 Å². The van der Waals surface area contributed by atoms with E-state index >= 15 is 0 Å². The standard InChI is InChI=1S/C10H10N6O3/c11-7-2-1-5(10(19)12-4-8(17)18)3-6(7)9-13-15-16-14-9/h1-3H,4,11H2,(H,12,19)(H,17,18)(H,13,14,15,16). The lowest BCUT2D eigenvalue weighted by Crippen LogP contribution is -2.29. The van der Waals surface area contributed by atoms with Crippen molar-refractivity contribution in [3.8, 4) is 11.4 Å². The molecular weight excluding hydrogens is 252 g/mol. The number of tetrazole rings is 1. The lowest BCUT2D eigenvalue weighted by molar-refractivity contribution is -0.135. The van der Waals surface area contributed by atoms with Crippen LogP contribution in [0.3, 0.4) is 0 Å². The molecule has 9 heteroatoms. The molecule has 5 N–H and O–H groups in total. The second-order valence-electron chi connectivity index (χ2n) is 3.61. The number of aromatic nitrogens is 4. The number of hydrogen-bond acceptors (Lipinski definition) is 6. The number of anilines is 1. The maximum atomic E-state index is 11.7. The Balaban J connectivity index is 2.26. The fourth-order valence-electron chi connectivity index (χ4n) is 1.43. The molecule has 0 radical (unpaired) electrons. The van der Waals surface area contributed by atoms with Gasteiger partial charge in [-0.3, -0.25) is 9.59 Å². The Hall–Kier alpha value is -2.97. The molecule has 0 bridgehead atoms. The molecule has 0 unspecified atom stereocenters. The number of amides is 1. The fraction of sp³-hybridized carbons (Fsp3) is 0.100. The minimum atomic E-state index is -1.12. The molecule has 0 spiro atoms. The van der Waals surface area contributed by atoms with Gasteiger partial charge in [-0.2, -0.15) is 5.21 Å². The van der Waals surface area contributed by atoms with Gasteiger partial charge in [-0.15, -0.1) is 10.2 Å². The van der Waals surface area contributed by atoms with Crippen LogP contribution in [-0.4, -0.2) is 44.2 Å². The summed E-state index contributed by atoms with van der Waals surface area (Å²) in [5.41, 5.74) is 6.84. The number of rotatable bonds is 4. The molecule has 2 rings (SSSR count). The van der Waals surface area contributed by atoms with E-state index in [2.05, 4.69) is 25.9 Å². The van der Waals surface area contributed by atoms with Crippen LogP contribution in [0.5, 0.6) is 0 Å². The van der Waals surface area contributed by atoms with Crippen LogP contribution in [0.15, 0.2) is 18.2 Å². The first-order valence-electron chi connectivity index (χ1n) is 5.21. The molecule has 98 valence electrons. The Morgan fingerprint density at radius 3 is 2.84 bits per heavy atom. The Kier molecular flexibility index (Phi) is 3.37. The van der Waals surface area contributed by atoms with E-state index in [1.165, 1.54) is 18.2 Å². The Bertz CT molecular complexity index is 610. The summed E-state index contributed by atoms with van der Waals surface area (Å²) in [5, 5.41) is 24.0. The van der Waals surface area contributed by atoms with Gasteiger partial charge in [-0.1, -0.05) is 0 Å². The number of carboxylic acid groups (broad SMARTS) is 1. The number of benzene rings is 1. The van der Waals surface area contributed by atoms with Gasteiger partial charge in [0.25, 0.3) is 5.91 Å². The van der Waals surface area contributed by atoms with Crippen LogP contribution in [0, 0.1) is 0 Å². The van der Waals surface area contributed by atoms with Crippen LogP contribution < -0.4 is 11.1 Å². The number of aromatic amines is 1. The first-order chi connectivity index (χ1) is 9.08. The highest BCUT2D eigenvalue weighted by Gasteiger charge is 2.13. The molecule has 0 atom stereocenters. The average Bonchev–Trinajstić information content (AvgIpc) is 2.90. The highest BCUT2D eigenvalue weighted by Crippen LogP contribution is 2.22. The van der Waals surface area contributed by atoms with E-state index in [0.29, 0.717) is 11.3 Å². The SMILES string of the molecule is Nc1ccc(C(=O)NCC(=O)O)cc1-c1nn[nH]n1. The third-order valence-electron chi connectivity index (χ3n) is 2.30. The summed E-state index contributed by atoms with van der Waals surface area (Å²) in [5.74, 6) is -1.39. The third kappa shape index (κ3) is 2.83. The summed E-state index contributed by atoms with van der Waals surface area (Å²) in [7, 11) is 0. The van der Waals surface area contributed by atoms with E-state index in [0.717, 1.165) is 0 Å². The van der Waals surface area contributed by atoms with Gasteiger partial charge in [0.2, 0.25) is 5.82 Å². The molecule has 0 saturated carbocycles. The van der Waals surface area contributed by atoms with E-state index in [1.54, 1.807) is 0 Å². The first-order valence-corrected chi connectivity index (χ1v) is 5.21. The van der Waals surface area contributed by atoms with Crippen molar-refractivity contribution in [3.05, 3.63) is 23.8 Å². The highest BCUT2D eigenvalue weighted by molar-refractivity contribution is 5.97. The van der Waals surface area contributed by atoms with Crippen molar-refractivity contribution in [2.45, 2.75) is 0 Å². The van der Waals surface area contributed by atoms with Gasteiger partial charge in [0.15, 0.2) is 0 Å². The number of nitrogens with one attached hydrogen (secondary N) is 2. The highest BCUT2D eigenvalue weighted by atomic mass is 16.4. The van der Waals surface area contributed by atoms with E-state index in [9.17, 15) is 9.59 Å². The van der Waals surface area contributed by atoms with Gasteiger partial charge in [0.05, 0.1) is 0 Å². The summed E-state index contributed by atoms with van der Waals surface area (Å²) in [6.07, 6.45) is 0.